The maximum atomic E-state index is 10.7. The molecule has 0 aliphatic rings. The summed E-state index contributed by atoms with van der Waals surface area (Å²) in [7, 11) is 0. The van der Waals surface area contributed by atoms with Gasteiger partial charge in [0.05, 0.1) is 22.8 Å². The van der Waals surface area contributed by atoms with Crippen molar-refractivity contribution in [3.05, 3.63) is 52.9 Å². The van der Waals surface area contributed by atoms with E-state index in [4.69, 9.17) is 26.0 Å². The molecule has 0 spiro atoms. The third-order valence-corrected chi connectivity index (χ3v) is 3.57. The number of carboxylic acid groups (broad SMARTS) is 1. The molecule has 2 aromatic heterocycles. The van der Waals surface area contributed by atoms with Gasteiger partial charge in [0.1, 0.15) is 12.4 Å². The highest BCUT2D eigenvalue weighted by Gasteiger charge is 2.14. The number of benzene rings is 1. The SMILES string of the molecule is O=C(O)CCc1noc2cc(OCc3ccccn3)c(Cl)cc12. The summed E-state index contributed by atoms with van der Waals surface area (Å²) in [6.45, 7) is 0.284. The highest BCUT2D eigenvalue weighted by Crippen LogP contribution is 2.32. The van der Waals surface area contributed by atoms with E-state index in [9.17, 15) is 4.79 Å². The van der Waals surface area contributed by atoms with E-state index in [-0.39, 0.29) is 19.4 Å². The van der Waals surface area contributed by atoms with Crippen LogP contribution in [0.15, 0.2) is 41.1 Å². The van der Waals surface area contributed by atoms with Crippen molar-refractivity contribution in [1.29, 1.82) is 0 Å². The molecule has 23 heavy (non-hydrogen) atoms. The zero-order valence-corrected chi connectivity index (χ0v) is 12.8. The Morgan fingerprint density at radius 2 is 2.22 bits per heavy atom. The number of halogens is 1. The molecule has 0 aliphatic heterocycles. The Bertz CT molecular complexity index is 833. The maximum Gasteiger partial charge on any atom is 0.303 e. The van der Waals surface area contributed by atoms with Gasteiger partial charge in [-0.15, -0.1) is 0 Å². The van der Waals surface area contributed by atoms with E-state index >= 15 is 0 Å². The van der Waals surface area contributed by atoms with Gasteiger partial charge in [-0.2, -0.15) is 0 Å². The molecule has 3 aromatic rings. The fourth-order valence-electron chi connectivity index (χ4n) is 2.14. The van der Waals surface area contributed by atoms with Crippen molar-refractivity contribution < 1.29 is 19.2 Å². The number of rotatable bonds is 6. The van der Waals surface area contributed by atoms with Crippen LogP contribution in [0.3, 0.4) is 0 Å². The van der Waals surface area contributed by atoms with Crippen LogP contribution in [0.25, 0.3) is 11.0 Å². The van der Waals surface area contributed by atoms with E-state index in [1.165, 1.54) is 0 Å². The average molecular weight is 333 g/mol. The number of aliphatic carboxylic acids is 1. The number of aromatic nitrogens is 2. The van der Waals surface area contributed by atoms with Crippen molar-refractivity contribution in [2.75, 3.05) is 0 Å². The third kappa shape index (κ3) is 3.60. The Labute approximate surface area is 136 Å². The Balaban J connectivity index is 1.80. The first kappa shape index (κ1) is 15.3. The van der Waals surface area contributed by atoms with Crippen molar-refractivity contribution in [1.82, 2.24) is 10.1 Å². The molecule has 0 aliphatic carbocycles. The molecule has 118 valence electrons. The van der Waals surface area contributed by atoms with Crippen LogP contribution in [-0.4, -0.2) is 21.2 Å². The van der Waals surface area contributed by atoms with E-state index in [1.54, 1.807) is 18.3 Å². The molecular weight excluding hydrogens is 320 g/mol. The van der Waals surface area contributed by atoms with Crippen LogP contribution in [0.5, 0.6) is 5.75 Å². The Hall–Kier alpha value is -2.60. The first-order valence-corrected chi connectivity index (χ1v) is 7.33. The second kappa shape index (κ2) is 6.66. The lowest BCUT2D eigenvalue weighted by atomic mass is 10.1. The predicted octanol–water partition coefficient (Wildman–Crippen LogP) is 3.47. The van der Waals surface area contributed by atoms with Crippen LogP contribution in [0, 0.1) is 0 Å². The fraction of sp³-hybridized carbons (Fsp3) is 0.188. The number of hydrogen-bond donors (Lipinski definition) is 1. The molecule has 0 saturated heterocycles. The van der Waals surface area contributed by atoms with Gasteiger partial charge in [-0.05, 0) is 18.2 Å². The Morgan fingerprint density at radius 1 is 1.35 bits per heavy atom. The first-order chi connectivity index (χ1) is 11.1. The van der Waals surface area contributed by atoms with E-state index in [0.717, 1.165) is 5.69 Å². The standard InChI is InChI=1S/C16H13ClN2O4/c17-12-7-11-13(4-5-16(20)21)19-23-14(11)8-15(12)22-9-10-3-1-2-6-18-10/h1-3,6-8H,4-5,9H2,(H,20,21). The minimum absolute atomic E-state index is 0.0167. The lowest BCUT2D eigenvalue weighted by molar-refractivity contribution is -0.136. The summed E-state index contributed by atoms with van der Waals surface area (Å²) in [5.74, 6) is -0.423. The van der Waals surface area contributed by atoms with Crippen LogP contribution in [-0.2, 0) is 17.8 Å². The molecule has 0 radical (unpaired) electrons. The smallest absolute Gasteiger partial charge is 0.303 e. The number of pyridine rings is 1. The number of ether oxygens (including phenoxy) is 1. The molecule has 7 heteroatoms. The van der Waals surface area contributed by atoms with Gasteiger partial charge >= 0.3 is 5.97 Å². The van der Waals surface area contributed by atoms with E-state index in [2.05, 4.69) is 10.1 Å². The largest absolute Gasteiger partial charge is 0.486 e. The highest BCUT2D eigenvalue weighted by atomic mass is 35.5. The van der Waals surface area contributed by atoms with Crippen LogP contribution in [0.1, 0.15) is 17.8 Å². The van der Waals surface area contributed by atoms with Crippen molar-refractivity contribution in [2.24, 2.45) is 0 Å². The minimum Gasteiger partial charge on any atom is -0.486 e. The van der Waals surface area contributed by atoms with Crippen molar-refractivity contribution in [2.45, 2.75) is 19.4 Å². The summed E-state index contributed by atoms with van der Waals surface area (Å²) in [4.78, 5) is 14.8. The maximum absolute atomic E-state index is 10.7. The number of carboxylic acids is 1. The van der Waals surface area contributed by atoms with Gasteiger partial charge in [-0.25, -0.2) is 0 Å². The summed E-state index contributed by atoms with van der Waals surface area (Å²) in [6.07, 6.45) is 1.96. The lowest BCUT2D eigenvalue weighted by Crippen LogP contribution is -1.98. The molecule has 0 amide bonds. The molecule has 1 N–H and O–H groups in total. The van der Waals surface area contributed by atoms with Gasteiger partial charge in [0.2, 0.25) is 0 Å². The number of carbonyl (C=O) groups is 1. The van der Waals surface area contributed by atoms with Crippen molar-refractivity contribution in [3.8, 4) is 5.75 Å². The molecule has 0 bridgehead atoms. The normalized spacial score (nSPS) is 10.8. The summed E-state index contributed by atoms with van der Waals surface area (Å²) < 4.78 is 10.9. The van der Waals surface area contributed by atoms with Crippen LogP contribution < -0.4 is 4.74 Å². The van der Waals surface area contributed by atoms with Crippen LogP contribution in [0.2, 0.25) is 5.02 Å². The highest BCUT2D eigenvalue weighted by molar-refractivity contribution is 6.32. The second-order valence-electron chi connectivity index (χ2n) is 4.91. The van der Waals surface area contributed by atoms with E-state index in [0.29, 0.717) is 27.4 Å². The zero-order valence-electron chi connectivity index (χ0n) is 12.0. The van der Waals surface area contributed by atoms with Gasteiger partial charge in [-0.3, -0.25) is 9.78 Å². The van der Waals surface area contributed by atoms with Crippen molar-refractivity contribution >= 4 is 28.5 Å². The molecular formula is C16H13ClN2O4. The van der Waals surface area contributed by atoms with E-state index in [1.807, 2.05) is 18.2 Å². The predicted molar refractivity (Wildman–Crippen MR) is 83.5 cm³/mol. The third-order valence-electron chi connectivity index (χ3n) is 3.28. The Morgan fingerprint density at radius 3 is 2.96 bits per heavy atom. The molecule has 0 atom stereocenters. The quantitative estimate of drug-likeness (QED) is 0.743. The van der Waals surface area contributed by atoms with Crippen LogP contribution >= 0.6 is 11.6 Å². The van der Waals surface area contributed by atoms with Gasteiger partial charge in [0.15, 0.2) is 5.58 Å². The van der Waals surface area contributed by atoms with Crippen molar-refractivity contribution in [3.63, 3.8) is 0 Å². The second-order valence-corrected chi connectivity index (χ2v) is 5.32. The Kier molecular flexibility index (Phi) is 4.43. The van der Waals surface area contributed by atoms with Gasteiger partial charge in [0, 0.05) is 24.1 Å². The molecule has 0 unspecified atom stereocenters. The number of fused-ring (bicyclic) bond motifs is 1. The summed E-state index contributed by atoms with van der Waals surface area (Å²) in [5, 5.41) is 13.8. The van der Waals surface area contributed by atoms with E-state index < -0.39 is 5.97 Å². The molecule has 3 rings (SSSR count). The fourth-order valence-corrected chi connectivity index (χ4v) is 2.36. The molecule has 0 saturated carbocycles. The summed E-state index contributed by atoms with van der Waals surface area (Å²) in [5.41, 5.74) is 1.86. The summed E-state index contributed by atoms with van der Waals surface area (Å²) >= 11 is 6.23. The minimum atomic E-state index is -0.887. The van der Waals surface area contributed by atoms with Gasteiger partial charge in [0.25, 0.3) is 0 Å². The van der Waals surface area contributed by atoms with Crippen LogP contribution in [0.4, 0.5) is 0 Å². The van der Waals surface area contributed by atoms with Gasteiger partial charge in [-0.1, -0.05) is 22.8 Å². The lowest BCUT2D eigenvalue weighted by Gasteiger charge is -2.07. The average Bonchev–Trinajstić information content (AvgIpc) is 2.93. The zero-order chi connectivity index (χ0) is 16.2. The number of nitrogens with zero attached hydrogens (tertiary/aromatic N) is 2. The summed E-state index contributed by atoms with van der Waals surface area (Å²) in [6, 6.07) is 8.89. The molecule has 0 fully saturated rings. The number of hydrogen-bond acceptors (Lipinski definition) is 5. The monoisotopic (exact) mass is 332 g/mol. The first-order valence-electron chi connectivity index (χ1n) is 6.96. The molecule has 2 heterocycles. The molecule has 6 nitrogen and oxygen atoms in total. The van der Waals surface area contributed by atoms with Gasteiger partial charge < -0.3 is 14.4 Å². The number of aryl methyl sites for hydroxylation is 1. The topological polar surface area (TPSA) is 85.5 Å². The molecule has 1 aromatic carbocycles.